The molecule has 3 heterocycles. The average molecular weight is 510 g/mol. The predicted octanol–water partition coefficient (Wildman–Crippen LogP) is 4.68. The van der Waals surface area contributed by atoms with Crippen LogP contribution < -0.4 is 15.5 Å². The van der Waals surface area contributed by atoms with Gasteiger partial charge in [0, 0.05) is 36.4 Å². The van der Waals surface area contributed by atoms with Gasteiger partial charge in [0.25, 0.3) is 0 Å². The van der Waals surface area contributed by atoms with Crippen LogP contribution in [-0.4, -0.2) is 48.9 Å². The second-order valence-electron chi connectivity index (χ2n) is 8.77. The third kappa shape index (κ3) is 5.72. The van der Waals surface area contributed by atoms with Crippen molar-refractivity contribution < 1.29 is 13.5 Å². The number of aliphatic hydroxyl groups is 1. The largest absolute Gasteiger partial charge is 0.393 e. The summed E-state index contributed by atoms with van der Waals surface area (Å²) < 4.78 is 24.7. The molecule has 1 saturated heterocycles. The summed E-state index contributed by atoms with van der Waals surface area (Å²) in [7, 11) is -3.19. The van der Waals surface area contributed by atoms with E-state index in [1.54, 1.807) is 6.07 Å². The molecule has 0 unspecified atom stereocenters. The number of nitrogens with one attached hydrogen (secondary N) is 2. The van der Waals surface area contributed by atoms with Crippen LogP contribution in [0.1, 0.15) is 18.4 Å². The van der Waals surface area contributed by atoms with E-state index in [4.69, 9.17) is 4.98 Å². The maximum atomic E-state index is 11.9. The minimum absolute atomic E-state index is 0.0533. The van der Waals surface area contributed by atoms with Crippen molar-refractivity contribution in [2.45, 2.75) is 24.7 Å². The van der Waals surface area contributed by atoms with Gasteiger partial charge in [-0.3, -0.25) is 0 Å². The molecule has 0 atom stereocenters. The number of aromatic nitrogens is 2. The molecule has 3 N–H and O–H groups in total. The number of thiophene rings is 1. The van der Waals surface area contributed by atoms with Crippen LogP contribution in [-0.2, 0) is 15.6 Å². The molecule has 0 amide bonds. The summed E-state index contributed by atoms with van der Waals surface area (Å²) in [6, 6.07) is 17.4. The monoisotopic (exact) mass is 509 g/mol. The van der Waals surface area contributed by atoms with Gasteiger partial charge in [-0.1, -0.05) is 18.2 Å². The number of aliphatic hydroxyl groups excluding tert-OH is 1. The van der Waals surface area contributed by atoms with Gasteiger partial charge in [0.1, 0.15) is 0 Å². The van der Waals surface area contributed by atoms with Gasteiger partial charge in [-0.2, -0.15) is 4.98 Å². The first kappa shape index (κ1) is 23.5. The van der Waals surface area contributed by atoms with E-state index in [0.717, 1.165) is 47.5 Å². The number of hydrogen-bond donors (Lipinski definition) is 3. The number of hydrogen-bond acceptors (Lipinski definition) is 9. The zero-order chi connectivity index (χ0) is 24.4. The number of rotatable bonds is 7. The third-order valence-corrected chi connectivity index (χ3v) is 7.69. The fourth-order valence-corrected chi connectivity index (χ4v) is 5.78. The van der Waals surface area contributed by atoms with E-state index in [1.165, 1.54) is 17.6 Å². The maximum Gasteiger partial charge on any atom is 0.229 e. The normalized spacial score (nSPS) is 14.9. The maximum absolute atomic E-state index is 11.9. The number of sulfone groups is 1. The first-order chi connectivity index (χ1) is 16.8. The molecule has 35 heavy (non-hydrogen) atoms. The van der Waals surface area contributed by atoms with Crippen LogP contribution in [0.5, 0.6) is 0 Å². The summed E-state index contributed by atoms with van der Waals surface area (Å²) >= 11 is 1.53. The fourth-order valence-electron chi connectivity index (χ4n) is 4.19. The SMILES string of the molecule is CS(=O)(=O)Cc1ccccc1Nc1nc(Nc2ccc(N3CCC(O)CC3)cc2)nc2ccsc12. The first-order valence-electron chi connectivity index (χ1n) is 11.4. The van der Waals surface area contributed by atoms with E-state index in [1.807, 2.05) is 41.8 Å². The van der Waals surface area contributed by atoms with Gasteiger partial charge in [0.15, 0.2) is 15.7 Å². The van der Waals surface area contributed by atoms with Crippen molar-refractivity contribution in [1.29, 1.82) is 0 Å². The summed E-state index contributed by atoms with van der Waals surface area (Å²) in [5, 5.41) is 18.3. The Bertz CT molecular complexity index is 1430. The highest BCUT2D eigenvalue weighted by Gasteiger charge is 2.17. The van der Waals surface area contributed by atoms with Gasteiger partial charge in [-0.05, 0) is 60.2 Å². The lowest BCUT2D eigenvalue weighted by atomic mass is 10.1. The van der Waals surface area contributed by atoms with Gasteiger partial charge < -0.3 is 20.6 Å². The van der Waals surface area contributed by atoms with Crippen LogP contribution in [0.3, 0.4) is 0 Å². The highest BCUT2D eigenvalue weighted by molar-refractivity contribution is 7.89. The number of piperidine rings is 1. The van der Waals surface area contributed by atoms with Crippen LogP contribution in [0.25, 0.3) is 10.2 Å². The van der Waals surface area contributed by atoms with E-state index >= 15 is 0 Å². The zero-order valence-corrected chi connectivity index (χ0v) is 20.9. The molecule has 2 aromatic heterocycles. The number of nitrogens with zero attached hydrogens (tertiary/aromatic N) is 3. The van der Waals surface area contributed by atoms with E-state index < -0.39 is 9.84 Å². The van der Waals surface area contributed by atoms with Crippen LogP contribution >= 0.6 is 11.3 Å². The predicted molar refractivity (Wildman–Crippen MR) is 143 cm³/mol. The van der Waals surface area contributed by atoms with Crippen LogP contribution in [0, 0.1) is 0 Å². The van der Waals surface area contributed by atoms with Crippen molar-refractivity contribution >= 4 is 60.2 Å². The molecular weight excluding hydrogens is 482 g/mol. The summed E-state index contributed by atoms with van der Waals surface area (Å²) in [6.45, 7) is 1.70. The molecule has 5 rings (SSSR count). The average Bonchev–Trinajstić information content (AvgIpc) is 3.30. The molecule has 0 saturated carbocycles. The number of anilines is 5. The van der Waals surface area contributed by atoms with Crippen molar-refractivity contribution in [3.8, 4) is 0 Å². The Labute approximate surface area is 208 Å². The topological polar surface area (TPSA) is 107 Å². The summed E-state index contributed by atoms with van der Waals surface area (Å²) in [5.41, 5.74) is 4.19. The molecule has 0 spiro atoms. The Balaban J connectivity index is 1.39. The lowest BCUT2D eigenvalue weighted by Gasteiger charge is -2.31. The van der Waals surface area contributed by atoms with Gasteiger partial charge in [-0.25, -0.2) is 13.4 Å². The van der Waals surface area contributed by atoms with E-state index in [2.05, 4.69) is 32.7 Å². The first-order valence-corrected chi connectivity index (χ1v) is 14.4. The molecule has 10 heteroatoms. The number of para-hydroxylation sites is 1. The Morgan fingerprint density at radius 1 is 1.03 bits per heavy atom. The van der Waals surface area contributed by atoms with Crippen molar-refractivity contribution in [2.75, 3.05) is 34.9 Å². The van der Waals surface area contributed by atoms with Crippen LogP contribution in [0.4, 0.5) is 28.8 Å². The molecule has 182 valence electrons. The van der Waals surface area contributed by atoms with Crippen LogP contribution in [0.2, 0.25) is 0 Å². The summed E-state index contributed by atoms with van der Waals surface area (Å²) in [4.78, 5) is 11.6. The Kier molecular flexibility index (Phi) is 6.59. The third-order valence-electron chi connectivity index (χ3n) is 5.94. The molecule has 2 aromatic carbocycles. The zero-order valence-electron chi connectivity index (χ0n) is 19.3. The van der Waals surface area contributed by atoms with Crippen molar-refractivity contribution in [3.05, 3.63) is 65.5 Å². The summed E-state index contributed by atoms with van der Waals surface area (Å²) in [5.74, 6) is 1.02. The molecular formula is C25H27N5O3S2. The Morgan fingerprint density at radius 3 is 2.51 bits per heavy atom. The molecule has 1 fully saturated rings. The fraction of sp³-hybridized carbons (Fsp3) is 0.280. The number of benzene rings is 2. The minimum Gasteiger partial charge on any atom is -0.393 e. The molecule has 1 aliphatic heterocycles. The Hall–Kier alpha value is -3.21. The quantitative estimate of drug-likeness (QED) is 0.330. The van der Waals surface area contributed by atoms with E-state index in [0.29, 0.717) is 23.0 Å². The summed E-state index contributed by atoms with van der Waals surface area (Å²) in [6.07, 6.45) is 2.61. The molecule has 8 nitrogen and oxygen atoms in total. The minimum atomic E-state index is -3.19. The van der Waals surface area contributed by atoms with Crippen molar-refractivity contribution in [2.24, 2.45) is 0 Å². The Morgan fingerprint density at radius 2 is 1.77 bits per heavy atom. The second-order valence-corrected chi connectivity index (χ2v) is 11.8. The second kappa shape index (κ2) is 9.80. The smallest absolute Gasteiger partial charge is 0.229 e. The van der Waals surface area contributed by atoms with Crippen molar-refractivity contribution in [1.82, 2.24) is 9.97 Å². The van der Waals surface area contributed by atoms with E-state index in [-0.39, 0.29) is 11.9 Å². The molecule has 0 radical (unpaired) electrons. The van der Waals surface area contributed by atoms with Gasteiger partial charge in [0.2, 0.25) is 5.95 Å². The van der Waals surface area contributed by atoms with Gasteiger partial charge in [-0.15, -0.1) is 11.3 Å². The van der Waals surface area contributed by atoms with Crippen LogP contribution in [0.15, 0.2) is 60.0 Å². The number of fused-ring (bicyclic) bond motifs is 1. The highest BCUT2D eigenvalue weighted by atomic mass is 32.2. The molecule has 4 aromatic rings. The highest BCUT2D eigenvalue weighted by Crippen LogP contribution is 2.32. The van der Waals surface area contributed by atoms with Gasteiger partial charge in [0.05, 0.1) is 22.1 Å². The molecule has 1 aliphatic rings. The van der Waals surface area contributed by atoms with E-state index in [9.17, 15) is 13.5 Å². The van der Waals surface area contributed by atoms with Crippen molar-refractivity contribution in [3.63, 3.8) is 0 Å². The molecule has 0 bridgehead atoms. The molecule has 0 aliphatic carbocycles. The standard InChI is InChI=1S/C25H27N5O3S2/c1-35(32,33)16-17-4-2-3-5-21(17)27-24-23-22(12-15-34-23)28-25(29-24)26-18-6-8-19(9-7-18)30-13-10-20(31)11-14-30/h2-9,12,15,20,31H,10-11,13-14,16H2,1H3,(H2,26,27,28,29). The lowest BCUT2D eigenvalue weighted by Crippen LogP contribution is -2.35. The lowest BCUT2D eigenvalue weighted by molar-refractivity contribution is 0.145. The van der Waals surface area contributed by atoms with Gasteiger partial charge >= 0.3 is 0 Å².